The number of fused-ring (bicyclic) bond motifs is 3. The van der Waals surface area contributed by atoms with Crippen LogP contribution in [-0.4, -0.2) is 19.7 Å². The maximum atomic E-state index is 14.4. The third-order valence-electron chi connectivity index (χ3n) is 5.62. The zero-order valence-corrected chi connectivity index (χ0v) is 17.8. The van der Waals surface area contributed by atoms with Gasteiger partial charge in [-0.3, -0.25) is 4.98 Å². The Morgan fingerprint density at radius 1 is 1.06 bits per heavy atom. The van der Waals surface area contributed by atoms with E-state index in [-0.39, 0.29) is 11.1 Å². The number of nitrogens with one attached hydrogen (secondary N) is 1. The Morgan fingerprint density at radius 3 is 2.78 bits per heavy atom. The molecule has 2 aliphatic rings. The van der Waals surface area contributed by atoms with Crippen LogP contribution in [0.5, 0.6) is 5.75 Å². The highest BCUT2D eigenvalue weighted by Gasteiger charge is 2.41. The van der Waals surface area contributed by atoms with Gasteiger partial charge in [-0.1, -0.05) is 35.3 Å². The highest BCUT2D eigenvalue weighted by atomic mass is 35.5. The maximum Gasteiger partial charge on any atom is 0.226 e. The Labute approximate surface area is 192 Å². The van der Waals surface area contributed by atoms with Crippen LogP contribution in [0.25, 0.3) is 5.70 Å². The smallest absolute Gasteiger partial charge is 0.226 e. The van der Waals surface area contributed by atoms with Crippen molar-refractivity contribution in [1.82, 2.24) is 19.7 Å². The molecular formula is C23H14Cl2FN5O. The second-order valence-electron chi connectivity index (χ2n) is 7.48. The van der Waals surface area contributed by atoms with Crippen LogP contribution >= 0.6 is 23.2 Å². The molecule has 0 saturated carbocycles. The molecule has 0 amide bonds. The Hall–Kier alpha value is -3.42. The molecule has 6 rings (SSSR count). The third kappa shape index (κ3) is 2.97. The first-order chi connectivity index (χ1) is 15.6. The lowest BCUT2D eigenvalue weighted by Crippen LogP contribution is -2.32. The van der Waals surface area contributed by atoms with E-state index in [0.29, 0.717) is 22.3 Å². The van der Waals surface area contributed by atoms with Gasteiger partial charge in [0, 0.05) is 28.6 Å². The summed E-state index contributed by atoms with van der Waals surface area (Å²) in [6.07, 6.45) is 4.36. The Bertz CT molecular complexity index is 1390. The topological polar surface area (TPSA) is 64.9 Å². The van der Waals surface area contributed by atoms with Crippen LogP contribution in [0.15, 0.2) is 72.8 Å². The highest BCUT2D eigenvalue weighted by molar-refractivity contribution is 6.31. The first-order valence-electron chi connectivity index (χ1n) is 9.82. The average molecular weight is 466 g/mol. The first-order valence-corrected chi connectivity index (χ1v) is 10.6. The number of aromatic nitrogens is 4. The number of halogens is 3. The van der Waals surface area contributed by atoms with Crippen molar-refractivity contribution in [3.63, 3.8) is 0 Å². The van der Waals surface area contributed by atoms with Crippen LogP contribution in [-0.2, 0) is 0 Å². The van der Waals surface area contributed by atoms with E-state index in [9.17, 15) is 4.39 Å². The Balaban J connectivity index is 1.64. The quantitative estimate of drug-likeness (QED) is 0.412. The number of ether oxygens (including phenoxy) is 1. The van der Waals surface area contributed by atoms with Crippen LogP contribution in [0.3, 0.4) is 0 Å². The molecule has 4 aromatic rings. The van der Waals surface area contributed by atoms with Crippen molar-refractivity contribution < 1.29 is 9.13 Å². The molecule has 0 fully saturated rings. The van der Waals surface area contributed by atoms with Gasteiger partial charge in [0.25, 0.3) is 0 Å². The Morgan fingerprint density at radius 2 is 1.97 bits per heavy atom. The van der Waals surface area contributed by atoms with Crippen LogP contribution in [0.1, 0.15) is 28.8 Å². The molecule has 6 nitrogen and oxygen atoms in total. The molecule has 0 radical (unpaired) electrons. The van der Waals surface area contributed by atoms with Gasteiger partial charge in [0.1, 0.15) is 30.0 Å². The molecule has 0 bridgehead atoms. The molecule has 0 saturated heterocycles. The lowest BCUT2D eigenvalue weighted by atomic mass is 9.85. The van der Waals surface area contributed by atoms with E-state index >= 15 is 0 Å². The molecule has 1 N–H and O–H groups in total. The molecule has 9 heteroatoms. The predicted molar refractivity (Wildman–Crippen MR) is 119 cm³/mol. The zero-order chi connectivity index (χ0) is 21.8. The minimum absolute atomic E-state index is 0.0510. The summed E-state index contributed by atoms with van der Waals surface area (Å²) in [6.45, 7) is 0. The highest BCUT2D eigenvalue weighted by Crippen LogP contribution is 2.51. The number of hydrogen-bond acceptors (Lipinski definition) is 5. The lowest BCUT2D eigenvalue weighted by molar-refractivity contribution is 0.222. The number of pyridine rings is 1. The van der Waals surface area contributed by atoms with Crippen LogP contribution in [0.2, 0.25) is 10.0 Å². The predicted octanol–water partition coefficient (Wildman–Crippen LogP) is 5.68. The molecule has 158 valence electrons. The number of rotatable bonds is 2. The normalized spacial score (nSPS) is 18.8. The maximum absolute atomic E-state index is 14.4. The standard InChI is InChI=1S/C23H14Cl2FN5O/c24-14-4-6-18-15(9-14)20-19(22(32-18)12-3-5-16(25)17(26)8-12)21(13-2-1-7-27-10-13)31-23(30-20)28-11-29-31/h1-11,21-22H,(H,28,29,30)/t21-,22-/m1/s1. The average Bonchev–Trinajstić information content (AvgIpc) is 3.28. The SMILES string of the molecule is Fc1cc([C@H]2Oc3ccc(Cl)cc3C3=C2[C@@H](c2cccnc2)n2ncnc2N3)ccc1Cl. The molecule has 4 heterocycles. The van der Waals surface area contributed by atoms with Gasteiger partial charge in [-0.25, -0.2) is 9.07 Å². The van der Waals surface area contributed by atoms with Gasteiger partial charge in [0.2, 0.25) is 5.95 Å². The van der Waals surface area contributed by atoms with Crippen molar-refractivity contribution in [3.05, 3.63) is 105 Å². The summed E-state index contributed by atoms with van der Waals surface area (Å²) in [5.41, 5.74) is 3.94. The van der Waals surface area contributed by atoms with Crippen molar-refractivity contribution >= 4 is 34.8 Å². The van der Waals surface area contributed by atoms with E-state index in [2.05, 4.69) is 20.4 Å². The van der Waals surface area contributed by atoms with E-state index in [1.165, 1.54) is 18.5 Å². The summed E-state index contributed by atoms with van der Waals surface area (Å²) >= 11 is 12.3. The van der Waals surface area contributed by atoms with Crippen LogP contribution in [0.4, 0.5) is 10.3 Å². The number of anilines is 1. The van der Waals surface area contributed by atoms with Gasteiger partial charge < -0.3 is 10.1 Å². The Kier molecular flexibility index (Phi) is 4.41. The van der Waals surface area contributed by atoms with Crippen molar-refractivity contribution in [3.8, 4) is 5.75 Å². The van der Waals surface area contributed by atoms with E-state index < -0.39 is 11.9 Å². The van der Waals surface area contributed by atoms with E-state index in [1.54, 1.807) is 35.3 Å². The number of benzene rings is 2. The zero-order valence-electron chi connectivity index (χ0n) is 16.3. The molecule has 2 aliphatic heterocycles. The monoisotopic (exact) mass is 465 g/mol. The van der Waals surface area contributed by atoms with Gasteiger partial charge in [-0.2, -0.15) is 10.1 Å². The number of nitrogens with zero attached hydrogens (tertiary/aromatic N) is 4. The second-order valence-corrected chi connectivity index (χ2v) is 8.33. The van der Waals surface area contributed by atoms with Crippen molar-refractivity contribution in [2.24, 2.45) is 0 Å². The van der Waals surface area contributed by atoms with Crippen LogP contribution < -0.4 is 10.1 Å². The fourth-order valence-electron chi connectivity index (χ4n) is 4.25. The van der Waals surface area contributed by atoms with Gasteiger partial charge >= 0.3 is 0 Å². The molecule has 0 spiro atoms. The second kappa shape index (κ2) is 7.32. The first kappa shape index (κ1) is 19.3. The summed E-state index contributed by atoms with van der Waals surface area (Å²) in [7, 11) is 0. The number of hydrogen-bond donors (Lipinski definition) is 1. The summed E-state index contributed by atoms with van der Waals surface area (Å²) < 4.78 is 22.6. The molecule has 0 unspecified atom stereocenters. The van der Waals surface area contributed by atoms with Crippen molar-refractivity contribution in [2.75, 3.05) is 5.32 Å². The van der Waals surface area contributed by atoms with Crippen LogP contribution in [0, 0.1) is 5.82 Å². The summed E-state index contributed by atoms with van der Waals surface area (Å²) in [6, 6.07) is 13.5. The van der Waals surface area contributed by atoms with Gasteiger partial charge in [-0.15, -0.1) is 0 Å². The summed E-state index contributed by atoms with van der Waals surface area (Å²) in [5.74, 6) is 0.685. The largest absolute Gasteiger partial charge is 0.480 e. The van der Waals surface area contributed by atoms with E-state index in [0.717, 1.165) is 22.4 Å². The fraction of sp³-hybridized carbons (Fsp3) is 0.0870. The molecule has 0 aliphatic carbocycles. The third-order valence-corrected chi connectivity index (χ3v) is 6.16. The summed E-state index contributed by atoms with van der Waals surface area (Å²) in [4.78, 5) is 8.67. The van der Waals surface area contributed by atoms with E-state index in [1.807, 2.05) is 18.2 Å². The molecule has 32 heavy (non-hydrogen) atoms. The molecule has 2 aromatic heterocycles. The minimum Gasteiger partial charge on any atom is -0.480 e. The van der Waals surface area contributed by atoms with Gasteiger partial charge in [0.05, 0.1) is 10.7 Å². The van der Waals surface area contributed by atoms with Gasteiger partial charge in [0.15, 0.2) is 0 Å². The van der Waals surface area contributed by atoms with Gasteiger partial charge in [-0.05, 0) is 47.5 Å². The lowest BCUT2D eigenvalue weighted by Gasteiger charge is -2.38. The minimum atomic E-state index is -0.611. The fourth-order valence-corrected chi connectivity index (χ4v) is 4.54. The summed E-state index contributed by atoms with van der Waals surface area (Å²) in [5, 5.41) is 8.44. The van der Waals surface area contributed by atoms with Crippen molar-refractivity contribution in [1.29, 1.82) is 0 Å². The van der Waals surface area contributed by atoms with E-state index in [4.69, 9.17) is 27.9 Å². The van der Waals surface area contributed by atoms with Crippen molar-refractivity contribution in [2.45, 2.75) is 12.1 Å². The molecule has 2 atom stereocenters. The molecular weight excluding hydrogens is 452 g/mol. The molecule has 2 aromatic carbocycles.